The van der Waals surface area contributed by atoms with Crippen LogP contribution in [-0.4, -0.2) is 5.97 Å². The maximum Gasteiger partial charge on any atom is 0.315 e. The van der Waals surface area contributed by atoms with Crippen LogP contribution in [0.25, 0.3) is 0 Å². The summed E-state index contributed by atoms with van der Waals surface area (Å²) in [6.45, 7) is 2.26. The molecule has 0 bridgehead atoms. The normalized spacial score (nSPS) is 13.3. The van der Waals surface area contributed by atoms with Crippen molar-refractivity contribution in [3.05, 3.63) is 29.3 Å². The fourth-order valence-corrected chi connectivity index (χ4v) is 2.98. The Balaban J connectivity index is 1.55. The van der Waals surface area contributed by atoms with Crippen molar-refractivity contribution in [3.8, 4) is 5.75 Å². The Morgan fingerprint density at radius 3 is 2.33 bits per heavy atom. The van der Waals surface area contributed by atoms with Crippen molar-refractivity contribution in [1.29, 1.82) is 0 Å². The van der Waals surface area contributed by atoms with Gasteiger partial charge in [-0.3, -0.25) is 4.79 Å². The number of esters is 1. The van der Waals surface area contributed by atoms with E-state index in [4.69, 9.17) is 4.74 Å². The van der Waals surface area contributed by atoms with Crippen molar-refractivity contribution in [1.82, 2.24) is 0 Å². The highest BCUT2D eigenvalue weighted by molar-refractivity contribution is 5.81. The van der Waals surface area contributed by atoms with Gasteiger partial charge in [0.15, 0.2) is 0 Å². The van der Waals surface area contributed by atoms with Gasteiger partial charge in [0.05, 0.1) is 6.42 Å². The number of unbranched alkanes of at least 4 members (excludes halogenated alkanes) is 8. The molecule has 1 aromatic rings. The van der Waals surface area contributed by atoms with Gasteiger partial charge in [0, 0.05) is 5.56 Å². The van der Waals surface area contributed by atoms with Gasteiger partial charge in [-0.2, -0.15) is 0 Å². The topological polar surface area (TPSA) is 26.3 Å². The van der Waals surface area contributed by atoms with E-state index in [1.54, 1.807) is 0 Å². The highest BCUT2D eigenvalue weighted by atomic mass is 16.5. The van der Waals surface area contributed by atoms with Gasteiger partial charge < -0.3 is 4.74 Å². The minimum atomic E-state index is -0.120. The predicted molar refractivity (Wildman–Crippen MR) is 86.7 cm³/mol. The number of ether oxygens (including phenoxy) is 1. The molecule has 2 heteroatoms. The van der Waals surface area contributed by atoms with Crippen LogP contribution in [0.1, 0.15) is 75.8 Å². The zero-order chi connectivity index (χ0) is 14.9. The molecular weight excluding hydrogens is 260 g/mol. The molecule has 0 saturated carbocycles. The minimum absolute atomic E-state index is 0.120. The van der Waals surface area contributed by atoms with E-state index in [1.807, 2.05) is 6.07 Å². The fraction of sp³-hybridized carbons (Fsp3) is 0.632. The van der Waals surface area contributed by atoms with Crippen LogP contribution in [0.3, 0.4) is 0 Å². The van der Waals surface area contributed by atoms with Crippen molar-refractivity contribution >= 4 is 5.97 Å². The first-order valence-electron chi connectivity index (χ1n) is 8.62. The lowest BCUT2D eigenvalue weighted by Crippen LogP contribution is -2.00. The highest BCUT2D eigenvalue weighted by Crippen LogP contribution is 2.27. The Labute approximate surface area is 128 Å². The summed E-state index contributed by atoms with van der Waals surface area (Å²) in [5.41, 5.74) is 2.41. The number of hydrogen-bond donors (Lipinski definition) is 0. The molecule has 1 aliphatic rings. The Morgan fingerprint density at radius 2 is 1.62 bits per heavy atom. The monoisotopic (exact) mass is 288 g/mol. The number of aryl methyl sites for hydroxylation is 1. The third-order valence-corrected chi connectivity index (χ3v) is 4.25. The summed E-state index contributed by atoms with van der Waals surface area (Å²) in [5, 5.41) is 0. The lowest BCUT2D eigenvalue weighted by molar-refractivity contribution is -0.131. The second-order valence-corrected chi connectivity index (χ2v) is 6.17. The van der Waals surface area contributed by atoms with E-state index >= 15 is 0 Å². The van der Waals surface area contributed by atoms with E-state index in [2.05, 4.69) is 19.1 Å². The number of carbonyl (C=O) groups excluding carboxylic acids is 1. The number of benzene rings is 1. The third kappa shape index (κ3) is 5.53. The average Bonchev–Trinajstić information content (AvgIpc) is 2.85. The van der Waals surface area contributed by atoms with Crippen molar-refractivity contribution < 1.29 is 9.53 Å². The van der Waals surface area contributed by atoms with E-state index in [1.165, 1.54) is 63.4 Å². The molecule has 0 unspecified atom stereocenters. The zero-order valence-corrected chi connectivity index (χ0v) is 13.3. The maximum absolute atomic E-state index is 11.2. The van der Waals surface area contributed by atoms with Crippen LogP contribution in [0.2, 0.25) is 0 Å². The van der Waals surface area contributed by atoms with Crippen LogP contribution < -0.4 is 4.74 Å². The van der Waals surface area contributed by atoms with Crippen molar-refractivity contribution in [3.63, 3.8) is 0 Å². The first-order valence-corrected chi connectivity index (χ1v) is 8.62. The Hall–Kier alpha value is -1.31. The summed E-state index contributed by atoms with van der Waals surface area (Å²) in [6, 6.07) is 6.19. The molecule has 2 nitrogen and oxygen atoms in total. The van der Waals surface area contributed by atoms with E-state index in [0.29, 0.717) is 6.42 Å². The molecule has 1 aliphatic heterocycles. The zero-order valence-electron chi connectivity index (χ0n) is 13.3. The predicted octanol–water partition coefficient (Wildman–Crippen LogP) is 5.22. The molecule has 0 saturated heterocycles. The SMILES string of the molecule is CCCCCCCCCCCc1ccc2c(c1)CC(=O)O2. The molecule has 0 N–H and O–H groups in total. The Morgan fingerprint density at radius 1 is 0.952 bits per heavy atom. The molecule has 0 radical (unpaired) electrons. The number of fused-ring (bicyclic) bond motifs is 1. The van der Waals surface area contributed by atoms with Crippen molar-refractivity contribution in [2.24, 2.45) is 0 Å². The van der Waals surface area contributed by atoms with Crippen LogP contribution in [0.4, 0.5) is 0 Å². The summed E-state index contributed by atoms with van der Waals surface area (Å²) >= 11 is 0. The molecule has 0 atom stereocenters. The highest BCUT2D eigenvalue weighted by Gasteiger charge is 2.19. The van der Waals surface area contributed by atoms with E-state index in [-0.39, 0.29) is 5.97 Å². The van der Waals surface area contributed by atoms with Crippen LogP contribution >= 0.6 is 0 Å². The van der Waals surface area contributed by atoms with Gasteiger partial charge in [-0.1, -0.05) is 70.4 Å². The molecule has 0 amide bonds. The molecule has 0 aliphatic carbocycles. The second-order valence-electron chi connectivity index (χ2n) is 6.17. The molecule has 1 heterocycles. The van der Waals surface area contributed by atoms with Gasteiger partial charge in [0.1, 0.15) is 5.75 Å². The molecular formula is C19H28O2. The van der Waals surface area contributed by atoms with Crippen molar-refractivity contribution in [2.45, 2.75) is 77.6 Å². The molecule has 0 fully saturated rings. The maximum atomic E-state index is 11.2. The third-order valence-electron chi connectivity index (χ3n) is 4.25. The number of rotatable bonds is 10. The first-order chi connectivity index (χ1) is 10.3. The summed E-state index contributed by atoms with van der Waals surface area (Å²) < 4.78 is 5.12. The number of hydrogen-bond acceptors (Lipinski definition) is 2. The average molecular weight is 288 g/mol. The van der Waals surface area contributed by atoms with Gasteiger partial charge in [0.25, 0.3) is 0 Å². The van der Waals surface area contributed by atoms with E-state index in [0.717, 1.165) is 17.7 Å². The molecule has 1 aromatic carbocycles. The first kappa shape index (κ1) is 16.1. The van der Waals surface area contributed by atoms with Crippen LogP contribution in [0.5, 0.6) is 5.75 Å². The quantitative estimate of drug-likeness (QED) is 0.335. The molecule has 116 valence electrons. The summed E-state index contributed by atoms with van der Waals surface area (Å²) in [6.07, 6.45) is 13.8. The van der Waals surface area contributed by atoms with E-state index in [9.17, 15) is 4.79 Å². The van der Waals surface area contributed by atoms with Crippen LogP contribution in [-0.2, 0) is 17.6 Å². The van der Waals surface area contributed by atoms with Gasteiger partial charge in [0.2, 0.25) is 0 Å². The van der Waals surface area contributed by atoms with Crippen LogP contribution in [0.15, 0.2) is 18.2 Å². The smallest absolute Gasteiger partial charge is 0.315 e. The molecule has 21 heavy (non-hydrogen) atoms. The van der Waals surface area contributed by atoms with Gasteiger partial charge in [-0.05, 0) is 24.5 Å². The summed E-state index contributed by atoms with van der Waals surface area (Å²) in [5.74, 6) is 0.640. The lowest BCUT2D eigenvalue weighted by Gasteiger charge is -2.04. The molecule has 2 rings (SSSR count). The standard InChI is InChI=1S/C19H28O2/c1-2-3-4-5-6-7-8-9-10-11-16-12-13-18-17(14-16)15-19(20)21-18/h12-14H,2-11,15H2,1H3. The van der Waals surface area contributed by atoms with Gasteiger partial charge in [-0.15, -0.1) is 0 Å². The lowest BCUT2D eigenvalue weighted by atomic mass is 10.0. The largest absolute Gasteiger partial charge is 0.426 e. The summed E-state index contributed by atoms with van der Waals surface area (Å²) in [4.78, 5) is 11.2. The fourth-order valence-electron chi connectivity index (χ4n) is 2.98. The van der Waals surface area contributed by atoms with Gasteiger partial charge >= 0.3 is 5.97 Å². The number of carbonyl (C=O) groups is 1. The van der Waals surface area contributed by atoms with Gasteiger partial charge in [-0.25, -0.2) is 0 Å². The Bertz CT molecular complexity index is 451. The Kier molecular flexibility index (Phi) is 6.78. The molecule has 0 spiro atoms. The second kappa shape index (κ2) is 8.86. The van der Waals surface area contributed by atoms with E-state index < -0.39 is 0 Å². The van der Waals surface area contributed by atoms with Crippen molar-refractivity contribution in [2.75, 3.05) is 0 Å². The van der Waals surface area contributed by atoms with Crippen LogP contribution in [0, 0.1) is 0 Å². The molecule has 0 aromatic heterocycles. The minimum Gasteiger partial charge on any atom is -0.426 e. The summed E-state index contributed by atoms with van der Waals surface area (Å²) in [7, 11) is 0.